The third-order valence-electron chi connectivity index (χ3n) is 11.7. The van der Waals surface area contributed by atoms with Gasteiger partial charge in [0.05, 0.1) is 44.5 Å². The Morgan fingerprint density at radius 3 is 1.15 bits per heavy atom. The minimum atomic E-state index is 0.881. The first kappa shape index (κ1) is 31.0. The van der Waals surface area contributed by atoms with Gasteiger partial charge in [-0.2, -0.15) is 0 Å². The van der Waals surface area contributed by atoms with Crippen molar-refractivity contribution >= 4 is 87.2 Å². The summed E-state index contributed by atoms with van der Waals surface area (Å²) in [6.45, 7) is 8.82. The fraction of sp³-hybridized carbons (Fsp3) is 0.120. The molecular formula is C50H38N4. The van der Waals surface area contributed by atoms with E-state index in [2.05, 4.69) is 170 Å². The van der Waals surface area contributed by atoms with E-state index in [1.165, 1.54) is 76.6 Å². The lowest BCUT2D eigenvalue weighted by atomic mass is 9.99. The number of nitrogens with zero attached hydrogens (tertiary/aromatic N) is 4. The summed E-state index contributed by atoms with van der Waals surface area (Å²) in [7, 11) is 0. The van der Waals surface area contributed by atoms with Crippen molar-refractivity contribution < 1.29 is 0 Å². The molecule has 4 nitrogen and oxygen atoms in total. The Bertz CT molecular complexity index is 3150. The van der Waals surface area contributed by atoms with Crippen molar-refractivity contribution in [2.45, 2.75) is 40.5 Å². The second-order valence-corrected chi connectivity index (χ2v) is 14.9. The quantitative estimate of drug-likeness (QED) is 0.136. The monoisotopic (exact) mass is 694 g/mol. The molecule has 0 unspecified atom stereocenters. The Morgan fingerprint density at radius 2 is 0.741 bits per heavy atom. The first-order valence-electron chi connectivity index (χ1n) is 19.1. The van der Waals surface area contributed by atoms with Gasteiger partial charge in [0.1, 0.15) is 11.0 Å². The Balaban J connectivity index is 1.35. The number of aromatic nitrogens is 4. The van der Waals surface area contributed by atoms with E-state index in [0.29, 0.717) is 0 Å². The van der Waals surface area contributed by atoms with Crippen LogP contribution in [0.15, 0.2) is 133 Å². The summed E-state index contributed by atoms with van der Waals surface area (Å²) in [6.07, 6.45) is 1.98. The molecule has 4 heteroatoms. The molecule has 54 heavy (non-hydrogen) atoms. The molecule has 0 spiro atoms. The van der Waals surface area contributed by atoms with Crippen molar-refractivity contribution in [3.8, 4) is 11.4 Å². The minimum absolute atomic E-state index is 0.881. The van der Waals surface area contributed by atoms with Crippen molar-refractivity contribution in [3.63, 3.8) is 0 Å². The number of benzene rings is 8. The van der Waals surface area contributed by atoms with Gasteiger partial charge in [-0.3, -0.25) is 0 Å². The summed E-state index contributed by atoms with van der Waals surface area (Å²) in [6, 6.07) is 49.4. The molecule has 0 saturated carbocycles. The highest BCUT2D eigenvalue weighted by atomic mass is 15.0. The number of aryl methyl sites for hydroxylation is 4. The van der Waals surface area contributed by atoms with Crippen LogP contribution < -0.4 is 0 Å². The van der Waals surface area contributed by atoms with Gasteiger partial charge in [0.2, 0.25) is 0 Å². The van der Waals surface area contributed by atoms with Crippen LogP contribution in [0.1, 0.15) is 36.1 Å². The average Bonchev–Trinajstić information content (AvgIpc) is 3.70. The molecule has 11 rings (SSSR count). The normalized spacial score (nSPS) is 12.2. The van der Waals surface area contributed by atoms with Crippen molar-refractivity contribution in [1.82, 2.24) is 19.1 Å². The summed E-state index contributed by atoms with van der Waals surface area (Å²) in [4.78, 5) is 11.5. The number of rotatable bonds is 4. The van der Waals surface area contributed by atoms with Gasteiger partial charge in [-0.05, 0) is 109 Å². The Morgan fingerprint density at radius 1 is 0.370 bits per heavy atom. The molecule has 0 radical (unpaired) electrons. The molecule has 11 aromatic rings. The molecule has 0 amide bonds. The van der Waals surface area contributed by atoms with Gasteiger partial charge in [0.15, 0.2) is 0 Å². The summed E-state index contributed by atoms with van der Waals surface area (Å²) in [5.41, 5.74) is 15.5. The topological polar surface area (TPSA) is 35.6 Å². The molecule has 258 valence electrons. The van der Waals surface area contributed by atoms with E-state index in [4.69, 9.17) is 9.97 Å². The van der Waals surface area contributed by atoms with Gasteiger partial charge in [-0.15, -0.1) is 0 Å². The lowest BCUT2D eigenvalue weighted by Crippen LogP contribution is -2.04. The Hall–Kier alpha value is -6.52. The summed E-state index contributed by atoms with van der Waals surface area (Å²) in [5, 5.41) is 9.65. The SMILES string of the molecule is CCc1ccc2c(c1)c1cc(C)ccc1n2-c1ccc(-n2c3ccc(C)cc3c3cc(CC)ccc32)c2nc3c4ccccc4c4ccccc4c3nc12. The van der Waals surface area contributed by atoms with Gasteiger partial charge in [0, 0.05) is 32.3 Å². The first-order chi connectivity index (χ1) is 26.5. The van der Waals surface area contributed by atoms with Crippen LogP contribution in [-0.2, 0) is 12.8 Å². The average molecular weight is 695 g/mol. The maximum atomic E-state index is 5.75. The zero-order valence-corrected chi connectivity index (χ0v) is 30.9. The minimum Gasteiger partial charge on any atom is -0.307 e. The van der Waals surface area contributed by atoms with Crippen LogP contribution in [-0.4, -0.2) is 19.1 Å². The lowest BCUT2D eigenvalue weighted by Gasteiger charge is -2.17. The van der Waals surface area contributed by atoms with E-state index in [-0.39, 0.29) is 0 Å². The van der Waals surface area contributed by atoms with E-state index in [1.54, 1.807) is 0 Å². The zero-order valence-electron chi connectivity index (χ0n) is 30.9. The van der Waals surface area contributed by atoms with Crippen LogP contribution >= 0.6 is 0 Å². The van der Waals surface area contributed by atoms with Gasteiger partial charge in [0.25, 0.3) is 0 Å². The number of fused-ring (bicyclic) bond motifs is 13. The molecule has 0 saturated heterocycles. The number of hydrogen-bond acceptors (Lipinski definition) is 2. The molecule has 0 bridgehead atoms. The molecule has 0 aliphatic carbocycles. The summed E-state index contributed by atoms with van der Waals surface area (Å²) >= 11 is 0. The lowest BCUT2D eigenvalue weighted by molar-refractivity contribution is 1.13. The smallest absolute Gasteiger partial charge is 0.116 e. The first-order valence-corrected chi connectivity index (χ1v) is 19.1. The maximum Gasteiger partial charge on any atom is 0.116 e. The highest BCUT2D eigenvalue weighted by Crippen LogP contribution is 2.41. The van der Waals surface area contributed by atoms with Crippen LogP contribution in [0, 0.1) is 13.8 Å². The van der Waals surface area contributed by atoms with E-state index < -0.39 is 0 Å². The zero-order chi connectivity index (χ0) is 36.2. The highest BCUT2D eigenvalue weighted by Gasteiger charge is 2.23. The molecule has 8 aromatic carbocycles. The Kier molecular flexibility index (Phi) is 6.60. The third-order valence-corrected chi connectivity index (χ3v) is 11.7. The van der Waals surface area contributed by atoms with Crippen LogP contribution in [0.2, 0.25) is 0 Å². The van der Waals surface area contributed by atoms with E-state index in [1.807, 2.05) is 0 Å². The van der Waals surface area contributed by atoms with Crippen LogP contribution in [0.5, 0.6) is 0 Å². The van der Waals surface area contributed by atoms with Crippen molar-refractivity contribution in [2.24, 2.45) is 0 Å². The fourth-order valence-electron chi connectivity index (χ4n) is 9.02. The predicted molar refractivity (Wildman–Crippen MR) is 229 cm³/mol. The molecule has 3 heterocycles. The summed E-state index contributed by atoms with van der Waals surface area (Å²) < 4.78 is 4.84. The fourth-order valence-corrected chi connectivity index (χ4v) is 9.02. The molecule has 0 N–H and O–H groups in total. The third kappa shape index (κ3) is 4.31. The number of hydrogen-bond donors (Lipinski definition) is 0. The van der Waals surface area contributed by atoms with Gasteiger partial charge in [-0.25, -0.2) is 9.97 Å². The van der Waals surface area contributed by atoms with Gasteiger partial charge >= 0.3 is 0 Å². The maximum absolute atomic E-state index is 5.75. The van der Waals surface area contributed by atoms with E-state index in [9.17, 15) is 0 Å². The predicted octanol–water partition coefficient (Wildman–Crippen LogP) is 13.0. The highest BCUT2D eigenvalue weighted by molar-refractivity contribution is 6.24. The van der Waals surface area contributed by atoms with E-state index >= 15 is 0 Å². The largest absolute Gasteiger partial charge is 0.307 e. The molecule has 3 aromatic heterocycles. The molecular weight excluding hydrogens is 657 g/mol. The van der Waals surface area contributed by atoms with Crippen LogP contribution in [0.25, 0.3) is 98.6 Å². The van der Waals surface area contributed by atoms with Gasteiger partial charge < -0.3 is 9.13 Å². The second-order valence-electron chi connectivity index (χ2n) is 14.9. The van der Waals surface area contributed by atoms with Crippen molar-refractivity contribution in [1.29, 1.82) is 0 Å². The Labute approximate surface area is 312 Å². The molecule has 0 fully saturated rings. The van der Waals surface area contributed by atoms with Crippen molar-refractivity contribution in [3.05, 3.63) is 156 Å². The second kappa shape index (κ2) is 11.5. The van der Waals surface area contributed by atoms with Crippen LogP contribution in [0.4, 0.5) is 0 Å². The molecule has 0 aliphatic heterocycles. The standard InChI is InChI=1S/C50H38N4/c1-5-31-17-21-43-39(27-31)37-25-29(3)15-19-41(37)53(43)45-23-24-46(54-42-20-16-30(4)26-38(42)40-28-32(6-2)18-22-44(40)54)50-49(45)51-47-35-13-9-7-11-33(35)34-12-8-10-14-36(34)48(47)52-50/h7-28H,5-6H2,1-4H3. The van der Waals surface area contributed by atoms with Crippen LogP contribution in [0.3, 0.4) is 0 Å². The van der Waals surface area contributed by atoms with Gasteiger partial charge in [-0.1, -0.05) is 97.8 Å². The van der Waals surface area contributed by atoms with Crippen molar-refractivity contribution in [2.75, 3.05) is 0 Å². The van der Waals surface area contributed by atoms with E-state index in [0.717, 1.165) is 57.1 Å². The summed E-state index contributed by atoms with van der Waals surface area (Å²) in [5.74, 6) is 0. The molecule has 0 atom stereocenters. The molecule has 0 aliphatic rings.